The monoisotopic (exact) mass is 539 g/mol. The van der Waals surface area contributed by atoms with Crippen LogP contribution in [-0.4, -0.2) is 93.4 Å². The molecule has 1 aromatic carbocycles. The minimum absolute atomic E-state index is 0.00316. The highest BCUT2D eigenvalue weighted by atomic mass is 16.4. The second-order valence-corrected chi connectivity index (χ2v) is 8.23. The number of phenols is 1. The molecule has 4 atom stereocenters. The van der Waals surface area contributed by atoms with Gasteiger partial charge in [0.2, 0.25) is 17.7 Å². The lowest BCUT2D eigenvalue weighted by molar-refractivity contribution is -0.147. The van der Waals surface area contributed by atoms with Crippen LogP contribution in [0, 0.1) is 0 Å². The fraction of sp³-hybridized carbons (Fsp3) is 0.455. The van der Waals surface area contributed by atoms with Crippen molar-refractivity contribution < 1.29 is 44.4 Å². The molecule has 1 aromatic rings. The molecule has 0 fully saturated rings. The zero-order valence-corrected chi connectivity index (χ0v) is 20.4. The number of carbonyl (C=O) groups excluding carboxylic acids is 3. The average Bonchev–Trinajstić information content (AvgIpc) is 2.84. The van der Waals surface area contributed by atoms with E-state index in [4.69, 9.17) is 27.4 Å². The number of aliphatic imine (C=N–C) groups is 1. The Morgan fingerprint density at radius 3 is 1.95 bits per heavy atom. The molecule has 0 aliphatic carbocycles. The second-order valence-electron chi connectivity index (χ2n) is 8.23. The summed E-state index contributed by atoms with van der Waals surface area (Å²) in [5.41, 5.74) is 16.5. The molecule has 0 bridgehead atoms. The Balaban J connectivity index is 3.18. The fourth-order valence-electron chi connectivity index (χ4n) is 3.13. The zero-order chi connectivity index (χ0) is 28.8. The highest BCUT2D eigenvalue weighted by Gasteiger charge is 2.31. The Hall–Kier alpha value is -4.44. The molecule has 0 aliphatic heterocycles. The SMILES string of the molecule is NC(N)=NCCCC(NC(=O)C(N)CO)C(=O)NC(Cc1ccc(O)cc1)C(=O)NC(CC(=O)O)C(=O)O. The number of nitrogens with two attached hydrogens (primary N) is 3. The van der Waals surface area contributed by atoms with Crippen molar-refractivity contribution in [3.05, 3.63) is 29.8 Å². The number of hydrogen-bond donors (Lipinski definition) is 10. The highest BCUT2D eigenvalue weighted by Crippen LogP contribution is 2.12. The number of phenolic OH excluding ortho intramolecular Hbond substituents is 1. The van der Waals surface area contributed by atoms with Crippen LogP contribution in [0.3, 0.4) is 0 Å². The maximum atomic E-state index is 13.1. The van der Waals surface area contributed by atoms with E-state index in [1.165, 1.54) is 24.3 Å². The summed E-state index contributed by atoms with van der Waals surface area (Å²) in [7, 11) is 0. The molecule has 0 aliphatic rings. The quantitative estimate of drug-likeness (QED) is 0.0552. The van der Waals surface area contributed by atoms with Gasteiger partial charge in [0.1, 0.15) is 29.9 Å². The first-order chi connectivity index (χ1) is 17.8. The van der Waals surface area contributed by atoms with Crippen molar-refractivity contribution in [2.75, 3.05) is 13.2 Å². The molecule has 0 saturated carbocycles. The molecule has 0 radical (unpaired) electrons. The summed E-state index contributed by atoms with van der Waals surface area (Å²) in [5, 5.41) is 43.8. The largest absolute Gasteiger partial charge is 0.508 e. The minimum Gasteiger partial charge on any atom is -0.508 e. The van der Waals surface area contributed by atoms with Crippen LogP contribution in [0.2, 0.25) is 0 Å². The predicted molar refractivity (Wildman–Crippen MR) is 132 cm³/mol. The molecule has 0 spiro atoms. The number of benzene rings is 1. The molecule has 0 heterocycles. The molecule has 4 unspecified atom stereocenters. The summed E-state index contributed by atoms with van der Waals surface area (Å²) in [6.07, 6.45) is -0.873. The van der Waals surface area contributed by atoms with E-state index in [2.05, 4.69) is 20.9 Å². The number of aliphatic hydroxyl groups is 1. The van der Waals surface area contributed by atoms with Crippen LogP contribution < -0.4 is 33.2 Å². The maximum Gasteiger partial charge on any atom is 0.326 e. The molecular formula is C22H33N7O9. The Kier molecular flexibility index (Phi) is 13.0. The number of carboxylic acid groups (broad SMARTS) is 2. The van der Waals surface area contributed by atoms with E-state index in [0.717, 1.165) is 0 Å². The van der Waals surface area contributed by atoms with Gasteiger partial charge in [-0.15, -0.1) is 0 Å². The number of nitrogens with one attached hydrogen (secondary N) is 3. The van der Waals surface area contributed by atoms with Gasteiger partial charge in [-0.25, -0.2) is 4.79 Å². The van der Waals surface area contributed by atoms with Gasteiger partial charge in [0, 0.05) is 13.0 Å². The van der Waals surface area contributed by atoms with Crippen molar-refractivity contribution >= 4 is 35.6 Å². The van der Waals surface area contributed by atoms with Gasteiger partial charge in [0.15, 0.2) is 5.96 Å². The lowest BCUT2D eigenvalue weighted by Crippen LogP contribution is -2.58. The normalized spacial score (nSPS) is 13.7. The van der Waals surface area contributed by atoms with E-state index in [9.17, 15) is 34.2 Å². The molecule has 38 heavy (non-hydrogen) atoms. The molecule has 16 nitrogen and oxygen atoms in total. The second kappa shape index (κ2) is 15.6. The van der Waals surface area contributed by atoms with Crippen molar-refractivity contribution in [1.29, 1.82) is 0 Å². The Bertz CT molecular complexity index is 1010. The first-order valence-corrected chi connectivity index (χ1v) is 11.4. The van der Waals surface area contributed by atoms with Crippen molar-refractivity contribution in [3.8, 4) is 5.75 Å². The van der Waals surface area contributed by atoms with Crippen molar-refractivity contribution in [1.82, 2.24) is 16.0 Å². The number of nitrogens with zero attached hydrogens (tertiary/aromatic N) is 1. The van der Waals surface area contributed by atoms with Gasteiger partial charge in [-0.1, -0.05) is 12.1 Å². The van der Waals surface area contributed by atoms with Crippen molar-refractivity contribution in [3.63, 3.8) is 0 Å². The molecular weight excluding hydrogens is 506 g/mol. The van der Waals surface area contributed by atoms with Crippen LogP contribution in [-0.2, 0) is 30.4 Å². The highest BCUT2D eigenvalue weighted by molar-refractivity contribution is 5.94. The summed E-state index contributed by atoms with van der Waals surface area (Å²) in [4.78, 5) is 64.5. The Labute approximate surface area is 217 Å². The van der Waals surface area contributed by atoms with Crippen LogP contribution in [0.15, 0.2) is 29.3 Å². The van der Waals surface area contributed by atoms with Crippen LogP contribution in [0.25, 0.3) is 0 Å². The van der Waals surface area contributed by atoms with E-state index in [1.54, 1.807) is 0 Å². The first-order valence-electron chi connectivity index (χ1n) is 11.4. The minimum atomic E-state index is -1.78. The lowest BCUT2D eigenvalue weighted by Gasteiger charge is -2.25. The molecule has 0 aromatic heterocycles. The zero-order valence-electron chi connectivity index (χ0n) is 20.4. The number of carboxylic acids is 2. The van der Waals surface area contributed by atoms with Crippen LogP contribution in [0.1, 0.15) is 24.8 Å². The summed E-state index contributed by atoms with van der Waals surface area (Å²) in [6, 6.07) is -0.183. The van der Waals surface area contributed by atoms with Crippen molar-refractivity contribution in [2.45, 2.75) is 49.9 Å². The van der Waals surface area contributed by atoms with Gasteiger partial charge in [-0.05, 0) is 30.5 Å². The molecule has 13 N–H and O–H groups in total. The fourth-order valence-corrected chi connectivity index (χ4v) is 3.13. The summed E-state index contributed by atoms with van der Waals surface area (Å²) >= 11 is 0. The predicted octanol–water partition coefficient (Wildman–Crippen LogP) is -3.68. The maximum absolute atomic E-state index is 13.1. The first kappa shape index (κ1) is 31.6. The third-order valence-electron chi connectivity index (χ3n) is 5.11. The molecule has 1 rings (SSSR count). The summed E-state index contributed by atoms with van der Waals surface area (Å²) < 4.78 is 0. The third kappa shape index (κ3) is 11.5. The topological polar surface area (TPSA) is 293 Å². The molecule has 210 valence electrons. The number of rotatable bonds is 16. The van der Waals surface area contributed by atoms with Gasteiger partial charge >= 0.3 is 11.9 Å². The van der Waals surface area contributed by atoms with E-state index in [0.29, 0.717) is 5.56 Å². The number of hydrogen-bond acceptors (Lipinski definition) is 9. The summed E-state index contributed by atoms with van der Waals surface area (Å²) in [6.45, 7) is -0.582. The van der Waals surface area contributed by atoms with Crippen LogP contribution in [0.5, 0.6) is 5.75 Å². The number of aliphatic hydroxyl groups excluding tert-OH is 1. The number of aliphatic carboxylic acids is 2. The van der Waals surface area contributed by atoms with E-state index in [1.807, 2.05) is 0 Å². The Morgan fingerprint density at radius 2 is 1.42 bits per heavy atom. The molecule has 3 amide bonds. The van der Waals surface area contributed by atoms with Crippen LogP contribution >= 0.6 is 0 Å². The lowest BCUT2D eigenvalue weighted by atomic mass is 10.0. The number of carbonyl (C=O) groups is 5. The Morgan fingerprint density at radius 1 is 0.868 bits per heavy atom. The number of amides is 3. The van der Waals surface area contributed by atoms with Gasteiger partial charge in [-0.3, -0.25) is 24.2 Å². The number of aromatic hydroxyl groups is 1. The van der Waals surface area contributed by atoms with E-state index < -0.39 is 66.9 Å². The smallest absolute Gasteiger partial charge is 0.326 e. The molecule has 0 saturated heterocycles. The molecule has 16 heteroatoms. The number of guanidine groups is 1. The van der Waals surface area contributed by atoms with E-state index >= 15 is 0 Å². The van der Waals surface area contributed by atoms with Gasteiger partial charge in [0.05, 0.1) is 13.0 Å². The van der Waals surface area contributed by atoms with Gasteiger partial charge < -0.3 is 53.6 Å². The van der Waals surface area contributed by atoms with Crippen LogP contribution in [0.4, 0.5) is 0 Å². The standard InChI is InChI=1S/C22H33N7O9/c23-13(10-30)18(34)27-14(2-1-7-26-22(24)25)19(35)28-15(8-11-3-5-12(31)6-4-11)20(36)29-16(21(37)38)9-17(32)33/h3-6,13-16,30-31H,1-2,7-10,23H2,(H,27,34)(H,28,35)(H,29,36)(H,32,33)(H,37,38)(H4,24,25,26). The van der Waals surface area contributed by atoms with E-state index in [-0.39, 0.29) is 37.5 Å². The van der Waals surface area contributed by atoms with Crippen molar-refractivity contribution in [2.24, 2.45) is 22.2 Å². The van der Waals surface area contributed by atoms with Gasteiger partial charge in [-0.2, -0.15) is 0 Å². The third-order valence-corrected chi connectivity index (χ3v) is 5.11. The van der Waals surface area contributed by atoms with Gasteiger partial charge in [0.25, 0.3) is 0 Å². The average molecular weight is 540 g/mol. The summed E-state index contributed by atoms with van der Waals surface area (Å²) in [5.74, 6) is -6.01.